The minimum atomic E-state index is 0. The summed E-state index contributed by atoms with van der Waals surface area (Å²) in [5, 5.41) is 8.44. The Balaban J connectivity index is 0.000000250. The quantitative estimate of drug-likeness (QED) is 0.455. The molecule has 2 atom stereocenters. The van der Waals surface area contributed by atoms with Gasteiger partial charge in [0.25, 0.3) is 0 Å². The summed E-state index contributed by atoms with van der Waals surface area (Å²) >= 11 is 0. The van der Waals surface area contributed by atoms with Gasteiger partial charge in [-0.15, -0.1) is 0 Å². The van der Waals surface area contributed by atoms with E-state index in [1.807, 2.05) is 6.92 Å². The Labute approximate surface area is 37.8 Å². The summed E-state index contributed by atoms with van der Waals surface area (Å²) in [6, 6.07) is 0. The van der Waals surface area contributed by atoms with Crippen molar-refractivity contribution < 1.29 is 5.11 Å². The lowest BCUT2D eigenvalue weighted by molar-refractivity contribution is 0.263. The fourth-order valence-corrected chi connectivity index (χ4v) is 0.302. The summed E-state index contributed by atoms with van der Waals surface area (Å²) in [5.74, 6) is 0.606. The number of rotatable bonds is 0. The second kappa shape index (κ2) is 1.58. The molecule has 0 aromatic carbocycles. The van der Waals surface area contributed by atoms with E-state index in [0.29, 0.717) is 5.92 Å². The highest BCUT2D eigenvalue weighted by Gasteiger charge is 2.29. The molecule has 0 bridgehead atoms. The predicted molar refractivity (Wildman–Crippen MR) is 24.8 cm³/mol. The minimum absolute atomic E-state index is 0. The van der Waals surface area contributed by atoms with Crippen LogP contribution in [0.2, 0.25) is 0 Å². The van der Waals surface area contributed by atoms with Gasteiger partial charge in [-0.1, -0.05) is 6.92 Å². The van der Waals surface area contributed by atoms with Crippen LogP contribution in [0.15, 0.2) is 0 Å². The second-order valence-electron chi connectivity index (χ2n) is 1.78. The van der Waals surface area contributed by atoms with Crippen LogP contribution in [0, 0.1) is 5.92 Å². The third-order valence-corrected chi connectivity index (χ3v) is 1.07. The normalized spacial score (nSPS) is 41.0. The third-order valence-electron chi connectivity index (χ3n) is 1.07. The van der Waals surface area contributed by atoms with Gasteiger partial charge in [0.05, 0.1) is 6.10 Å². The summed E-state index contributed by atoms with van der Waals surface area (Å²) in [6.45, 7) is 2.05. The third kappa shape index (κ3) is 0.954. The van der Waals surface area contributed by atoms with Crippen LogP contribution in [0.4, 0.5) is 0 Å². The van der Waals surface area contributed by atoms with E-state index in [4.69, 9.17) is 5.11 Å². The summed E-state index contributed by atoms with van der Waals surface area (Å²) in [4.78, 5) is 0. The van der Waals surface area contributed by atoms with Gasteiger partial charge in [-0.05, 0) is 12.3 Å². The first-order chi connectivity index (χ1) is 2.30. The predicted octanol–water partition coefficient (Wildman–Crippen LogP) is 0.549. The second-order valence-corrected chi connectivity index (χ2v) is 1.78. The van der Waals surface area contributed by atoms with Gasteiger partial charge in [-0.3, -0.25) is 0 Å². The van der Waals surface area contributed by atoms with Crippen molar-refractivity contribution in [1.29, 1.82) is 0 Å². The molecule has 1 rings (SSSR count). The maximum Gasteiger partial charge on any atom is 0.0570 e. The zero-order valence-corrected chi connectivity index (χ0v) is 4.02. The van der Waals surface area contributed by atoms with Crippen molar-refractivity contribution >= 4 is 0 Å². The molecule has 0 aromatic heterocycles. The van der Waals surface area contributed by atoms with E-state index in [1.54, 1.807) is 0 Å². The zero-order valence-electron chi connectivity index (χ0n) is 4.02. The maximum absolute atomic E-state index is 8.44. The van der Waals surface area contributed by atoms with Crippen LogP contribution in [-0.2, 0) is 0 Å². The van der Waals surface area contributed by atoms with Crippen LogP contribution in [-0.4, -0.2) is 11.2 Å². The Morgan fingerprint density at radius 3 is 1.83 bits per heavy atom. The van der Waals surface area contributed by atoms with Gasteiger partial charge in [0.2, 0.25) is 0 Å². The lowest BCUT2D eigenvalue weighted by Crippen LogP contribution is -1.74. The van der Waals surface area contributed by atoms with Gasteiger partial charge in [0.15, 0.2) is 0 Å². The molecule has 0 spiro atoms. The molecule has 1 fully saturated rings. The summed E-state index contributed by atoms with van der Waals surface area (Å²) in [7, 11) is 0. The highest BCUT2D eigenvalue weighted by molar-refractivity contribution is 4.80. The van der Waals surface area contributed by atoms with E-state index < -0.39 is 0 Å². The van der Waals surface area contributed by atoms with Gasteiger partial charge >= 0.3 is 0 Å². The van der Waals surface area contributed by atoms with Crippen LogP contribution in [0.3, 0.4) is 0 Å². The van der Waals surface area contributed by atoms with Crippen molar-refractivity contribution in [3.63, 3.8) is 0 Å². The molecule has 1 aliphatic rings. The zero-order chi connectivity index (χ0) is 3.86. The van der Waals surface area contributed by atoms with Crippen molar-refractivity contribution in [3.8, 4) is 0 Å². The highest BCUT2D eigenvalue weighted by Crippen LogP contribution is 2.27. The summed E-state index contributed by atoms with van der Waals surface area (Å²) in [5.41, 5.74) is 0. The van der Waals surface area contributed by atoms with Gasteiger partial charge in [-0.2, -0.15) is 0 Å². The van der Waals surface area contributed by atoms with Gasteiger partial charge in [0, 0.05) is 0 Å². The van der Waals surface area contributed by atoms with Crippen LogP contribution < -0.4 is 6.15 Å². The first-order valence-electron chi connectivity index (χ1n) is 1.99. The molecule has 0 saturated heterocycles. The molecule has 0 aliphatic heterocycles. The van der Waals surface area contributed by atoms with Crippen molar-refractivity contribution in [2.75, 3.05) is 0 Å². The minimum Gasteiger partial charge on any atom is -0.393 e. The summed E-state index contributed by atoms with van der Waals surface area (Å²) < 4.78 is 0. The molecule has 1 aliphatic carbocycles. The molecule has 0 aromatic rings. The van der Waals surface area contributed by atoms with Gasteiger partial charge in [-0.25, -0.2) is 0 Å². The molecule has 6 heavy (non-hydrogen) atoms. The van der Waals surface area contributed by atoms with Crippen molar-refractivity contribution in [2.24, 2.45) is 5.92 Å². The van der Waals surface area contributed by atoms with Crippen molar-refractivity contribution in [3.05, 3.63) is 0 Å². The number of aliphatic hydroxyl groups excluding tert-OH is 1. The first kappa shape index (κ1) is 5.92. The monoisotopic (exact) mass is 89.1 g/mol. The number of hydrogen-bond acceptors (Lipinski definition) is 2. The molecule has 0 radical (unpaired) electrons. The Kier molecular flexibility index (Phi) is 1.56. The molecule has 4 N–H and O–H groups in total. The van der Waals surface area contributed by atoms with E-state index in [-0.39, 0.29) is 12.3 Å². The average Bonchev–Trinajstić information content (AvgIpc) is 1.79. The molecule has 0 heterocycles. The lowest BCUT2D eigenvalue weighted by atomic mass is 10.5. The standard InChI is InChI=1S/C4H8O.H3N/c1-3-2-4(3)5;/h3-5H,2H2,1H3;1H3/t3-,4?;/m0./s1. The Bertz CT molecular complexity index is 40.8. The molecule has 2 nitrogen and oxygen atoms in total. The summed E-state index contributed by atoms with van der Waals surface area (Å²) in [6.07, 6.45) is 1.08. The number of aliphatic hydroxyl groups is 1. The van der Waals surface area contributed by atoms with Crippen molar-refractivity contribution in [1.82, 2.24) is 6.15 Å². The van der Waals surface area contributed by atoms with Gasteiger partial charge in [0.1, 0.15) is 0 Å². The maximum atomic E-state index is 8.44. The van der Waals surface area contributed by atoms with E-state index in [2.05, 4.69) is 0 Å². The Morgan fingerprint density at radius 2 is 1.83 bits per heavy atom. The fraction of sp³-hybridized carbons (Fsp3) is 1.00. The van der Waals surface area contributed by atoms with E-state index >= 15 is 0 Å². The van der Waals surface area contributed by atoms with E-state index in [1.165, 1.54) is 0 Å². The van der Waals surface area contributed by atoms with Crippen LogP contribution in [0.1, 0.15) is 13.3 Å². The van der Waals surface area contributed by atoms with Crippen LogP contribution in [0.5, 0.6) is 0 Å². The largest absolute Gasteiger partial charge is 0.393 e. The topological polar surface area (TPSA) is 55.2 Å². The molecule has 1 saturated carbocycles. The van der Waals surface area contributed by atoms with Crippen LogP contribution in [0.25, 0.3) is 0 Å². The molecular formula is C4H11NO. The highest BCUT2D eigenvalue weighted by atomic mass is 16.3. The Hall–Kier alpha value is -0.0800. The van der Waals surface area contributed by atoms with E-state index in [0.717, 1.165) is 6.42 Å². The smallest absolute Gasteiger partial charge is 0.0570 e. The lowest BCUT2D eigenvalue weighted by Gasteiger charge is -1.68. The molecule has 2 heteroatoms. The molecular weight excluding hydrogens is 78.0 g/mol. The molecule has 0 amide bonds. The van der Waals surface area contributed by atoms with E-state index in [9.17, 15) is 0 Å². The SMILES string of the molecule is C[C@H]1CC1O.N. The average molecular weight is 89.1 g/mol. The first-order valence-corrected chi connectivity index (χ1v) is 1.99. The van der Waals surface area contributed by atoms with Gasteiger partial charge < -0.3 is 11.3 Å². The van der Waals surface area contributed by atoms with Crippen molar-refractivity contribution in [2.45, 2.75) is 19.4 Å². The Morgan fingerprint density at radius 1 is 1.67 bits per heavy atom. The molecule has 1 unspecified atom stereocenters. The fourth-order valence-electron chi connectivity index (χ4n) is 0.302. The van der Waals surface area contributed by atoms with Crippen LogP contribution >= 0.6 is 0 Å². The molecule has 38 valence electrons. The number of hydrogen-bond donors (Lipinski definition) is 2.